The summed E-state index contributed by atoms with van der Waals surface area (Å²) in [5.74, 6) is 0. The molecule has 0 amide bonds. The molecule has 19 heavy (non-hydrogen) atoms. The smallest absolute Gasteiger partial charge is 0.00703 e. The fraction of sp³-hybridized carbons (Fsp3) is 0.556. The van der Waals surface area contributed by atoms with Gasteiger partial charge < -0.3 is 5.32 Å². The molecule has 0 saturated heterocycles. The molecule has 0 saturated carbocycles. The van der Waals surface area contributed by atoms with Gasteiger partial charge in [-0.1, -0.05) is 42.8 Å². The third-order valence-electron chi connectivity index (χ3n) is 3.51. The highest BCUT2D eigenvalue weighted by Crippen LogP contribution is 2.12. The third kappa shape index (κ3) is 7.17. The first-order chi connectivity index (χ1) is 9.26. The molecule has 1 unspecified atom stereocenters. The average Bonchev–Trinajstić information content (AvgIpc) is 2.41. The first-order valence-electron chi connectivity index (χ1n) is 7.66. The molecular formula is C18H29N. The van der Waals surface area contributed by atoms with Crippen molar-refractivity contribution in [3.8, 4) is 0 Å². The average molecular weight is 259 g/mol. The van der Waals surface area contributed by atoms with E-state index in [1.165, 1.54) is 43.2 Å². The van der Waals surface area contributed by atoms with Crippen molar-refractivity contribution in [2.24, 2.45) is 0 Å². The number of benzene rings is 1. The first kappa shape index (κ1) is 16.0. The molecule has 0 spiro atoms. The van der Waals surface area contributed by atoms with E-state index >= 15 is 0 Å². The lowest BCUT2D eigenvalue weighted by molar-refractivity contribution is 0.443. The molecule has 1 aromatic rings. The van der Waals surface area contributed by atoms with Gasteiger partial charge >= 0.3 is 0 Å². The van der Waals surface area contributed by atoms with Gasteiger partial charge in [-0.25, -0.2) is 0 Å². The molecule has 1 nitrogen and oxygen atoms in total. The molecule has 0 aliphatic carbocycles. The Hall–Kier alpha value is -1.08. The van der Waals surface area contributed by atoms with Crippen LogP contribution in [0.3, 0.4) is 0 Å². The fourth-order valence-electron chi connectivity index (χ4n) is 2.41. The van der Waals surface area contributed by atoms with E-state index < -0.39 is 0 Å². The summed E-state index contributed by atoms with van der Waals surface area (Å²) in [5, 5.41) is 3.68. The molecule has 106 valence electrons. The number of aryl methyl sites for hydroxylation is 2. The molecule has 0 heterocycles. The number of rotatable bonds is 10. The molecule has 1 aromatic carbocycles. The van der Waals surface area contributed by atoms with Crippen LogP contribution < -0.4 is 5.32 Å². The molecule has 0 radical (unpaired) electrons. The van der Waals surface area contributed by atoms with Gasteiger partial charge in [0.2, 0.25) is 0 Å². The highest BCUT2D eigenvalue weighted by Gasteiger charge is 2.07. The maximum Gasteiger partial charge on any atom is 0.00703 e. The lowest BCUT2D eigenvalue weighted by atomic mass is 9.99. The Bertz CT molecular complexity index is 356. The molecule has 0 bridgehead atoms. The minimum absolute atomic E-state index is 0.653. The van der Waals surface area contributed by atoms with Gasteiger partial charge in [-0.05, 0) is 57.6 Å². The predicted molar refractivity (Wildman–Crippen MR) is 85.6 cm³/mol. The van der Waals surface area contributed by atoms with Gasteiger partial charge in [0.15, 0.2) is 0 Å². The SMILES string of the molecule is C=CCCCC(CCc1cccc(C)c1)NCCC. The van der Waals surface area contributed by atoms with Crippen molar-refractivity contribution < 1.29 is 0 Å². The summed E-state index contributed by atoms with van der Waals surface area (Å²) in [5.41, 5.74) is 2.83. The number of hydrogen-bond donors (Lipinski definition) is 1. The van der Waals surface area contributed by atoms with Crippen LogP contribution in [0.15, 0.2) is 36.9 Å². The Labute approximate surface area is 119 Å². The van der Waals surface area contributed by atoms with Gasteiger partial charge in [-0.2, -0.15) is 0 Å². The van der Waals surface area contributed by atoms with Gasteiger partial charge in [0.25, 0.3) is 0 Å². The number of hydrogen-bond acceptors (Lipinski definition) is 1. The topological polar surface area (TPSA) is 12.0 Å². The molecule has 0 aliphatic heterocycles. The lowest BCUT2D eigenvalue weighted by Crippen LogP contribution is -2.30. The van der Waals surface area contributed by atoms with Crippen LogP contribution in [0.1, 0.15) is 50.2 Å². The van der Waals surface area contributed by atoms with Crippen LogP contribution in [0, 0.1) is 6.92 Å². The Morgan fingerprint density at radius 3 is 2.84 bits per heavy atom. The number of nitrogens with one attached hydrogen (secondary N) is 1. The van der Waals surface area contributed by atoms with Crippen molar-refractivity contribution in [3.05, 3.63) is 48.0 Å². The van der Waals surface area contributed by atoms with Crippen molar-refractivity contribution in [1.82, 2.24) is 5.32 Å². The Morgan fingerprint density at radius 2 is 2.16 bits per heavy atom. The highest BCUT2D eigenvalue weighted by atomic mass is 14.9. The van der Waals surface area contributed by atoms with E-state index in [0.29, 0.717) is 6.04 Å². The van der Waals surface area contributed by atoms with Crippen molar-refractivity contribution in [2.75, 3.05) is 6.54 Å². The van der Waals surface area contributed by atoms with Crippen molar-refractivity contribution in [1.29, 1.82) is 0 Å². The highest BCUT2D eigenvalue weighted by molar-refractivity contribution is 5.22. The predicted octanol–water partition coefficient (Wildman–Crippen LogP) is 4.65. The quantitative estimate of drug-likeness (QED) is 0.476. The van der Waals surface area contributed by atoms with Crippen LogP contribution in [0.4, 0.5) is 0 Å². The molecule has 0 fully saturated rings. The van der Waals surface area contributed by atoms with Crippen molar-refractivity contribution in [3.63, 3.8) is 0 Å². The Morgan fingerprint density at radius 1 is 1.32 bits per heavy atom. The summed E-state index contributed by atoms with van der Waals surface area (Å²) in [6, 6.07) is 9.53. The third-order valence-corrected chi connectivity index (χ3v) is 3.51. The summed E-state index contributed by atoms with van der Waals surface area (Å²) in [6.07, 6.45) is 9.29. The maximum absolute atomic E-state index is 3.80. The monoisotopic (exact) mass is 259 g/mol. The number of unbranched alkanes of at least 4 members (excludes halogenated alkanes) is 1. The standard InChI is InChI=1S/C18H29N/c1-4-6-7-11-18(19-14-5-2)13-12-17-10-8-9-16(3)15-17/h4,8-10,15,18-19H,1,5-7,11-14H2,2-3H3. The van der Waals surface area contributed by atoms with Crippen LogP contribution in [-0.2, 0) is 6.42 Å². The lowest BCUT2D eigenvalue weighted by Gasteiger charge is -2.18. The zero-order valence-electron chi connectivity index (χ0n) is 12.6. The van der Waals surface area contributed by atoms with E-state index in [0.717, 1.165) is 13.0 Å². The zero-order chi connectivity index (χ0) is 13.9. The summed E-state index contributed by atoms with van der Waals surface area (Å²) < 4.78 is 0. The van der Waals surface area contributed by atoms with E-state index in [2.05, 4.69) is 50.0 Å². The molecular weight excluding hydrogens is 230 g/mol. The van der Waals surface area contributed by atoms with Crippen LogP contribution in [0.2, 0.25) is 0 Å². The van der Waals surface area contributed by atoms with E-state index in [-0.39, 0.29) is 0 Å². The van der Waals surface area contributed by atoms with E-state index in [1.54, 1.807) is 0 Å². The van der Waals surface area contributed by atoms with Gasteiger partial charge in [-0.3, -0.25) is 0 Å². The van der Waals surface area contributed by atoms with E-state index in [4.69, 9.17) is 0 Å². The van der Waals surface area contributed by atoms with E-state index in [9.17, 15) is 0 Å². The van der Waals surface area contributed by atoms with Crippen molar-refractivity contribution >= 4 is 0 Å². The second-order valence-electron chi connectivity index (χ2n) is 5.40. The van der Waals surface area contributed by atoms with Crippen molar-refractivity contribution in [2.45, 2.75) is 58.4 Å². The Kier molecular flexibility index (Phi) is 8.24. The molecule has 1 heteroatoms. The Balaban J connectivity index is 2.39. The molecule has 1 atom stereocenters. The van der Waals surface area contributed by atoms with Gasteiger partial charge in [0.05, 0.1) is 0 Å². The van der Waals surface area contributed by atoms with Crippen LogP contribution in [-0.4, -0.2) is 12.6 Å². The second kappa shape index (κ2) is 9.80. The summed E-state index contributed by atoms with van der Waals surface area (Å²) in [4.78, 5) is 0. The summed E-state index contributed by atoms with van der Waals surface area (Å²) in [6.45, 7) is 9.33. The molecule has 1 N–H and O–H groups in total. The van der Waals surface area contributed by atoms with E-state index in [1.807, 2.05) is 6.08 Å². The largest absolute Gasteiger partial charge is 0.314 e. The maximum atomic E-state index is 3.80. The second-order valence-corrected chi connectivity index (χ2v) is 5.40. The molecule has 1 rings (SSSR count). The molecule has 0 aromatic heterocycles. The normalized spacial score (nSPS) is 12.3. The zero-order valence-corrected chi connectivity index (χ0v) is 12.6. The fourth-order valence-corrected chi connectivity index (χ4v) is 2.41. The van der Waals surface area contributed by atoms with Gasteiger partial charge in [0.1, 0.15) is 0 Å². The summed E-state index contributed by atoms with van der Waals surface area (Å²) in [7, 11) is 0. The number of allylic oxidation sites excluding steroid dienone is 1. The minimum Gasteiger partial charge on any atom is -0.314 e. The van der Waals surface area contributed by atoms with Gasteiger partial charge in [-0.15, -0.1) is 6.58 Å². The summed E-state index contributed by atoms with van der Waals surface area (Å²) >= 11 is 0. The first-order valence-corrected chi connectivity index (χ1v) is 7.66. The minimum atomic E-state index is 0.653. The van der Waals surface area contributed by atoms with Crippen LogP contribution in [0.5, 0.6) is 0 Å². The molecule has 0 aliphatic rings. The van der Waals surface area contributed by atoms with Crippen LogP contribution >= 0.6 is 0 Å². The van der Waals surface area contributed by atoms with Gasteiger partial charge in [0, 0.05) is 6.04 Å². The van der Waals surface area contributed by atoms with Crippen LogP contribution in [0.25, 0.3) is 0 Å².